The summed E-state index contributed by atoms with van der Waals surface area (Å²) < 4.78 is 33.0. The molecule has 0 bridgehead atoms. The van der Waals surface area contributed by atoms with Crippen LogP contribution in [0.2, 0.25) is 0 Å². The first-order valence-electron chi connectivity index (χ1n) is 10.6. The fourth-order valence-corrected chi connectivity index (χ4v) is 5.25. The SMILES string of the molecule is COc1ccc2c(c1)CCC/C2=N\NC(=O)CN(c1ccccc1)S(=O)(=O)c1ccccc1. The number of aryl methyl sites for hydroxylation is 1. The third-order valence-corrected chi connectivity index (χ3v) is 7.25. The maximum Gasteiger partial charge on any atom is 0.264 e. The van der Waals surface area contributed by atoms with Crippen LogP contribution in [-0.2, 0) is 21.2 Å². The van der Waals surface area contributed by atoms with Gasteiger partial charge in [0.15, 0.2) is 0 Å². The molecule has 0 heterocycles. The first kappa shape index (κ1) is 22.5. The van der Waals surface area contributed by atoms with Crippen LogP contribution in [0.4, 0.5) is 5.69 Å². The van der Waals surface area contributed by atoms with Crippen molar-refractivity contribution in [3.63, 3.8) is 0 Å². The lowest BCUT2D eigenvalue weighted by Crippen LogP contribution is -2.39. The number of sulfonamides is 1. The molecule has 3 aromatic carbocycles. The van der Waals surface area contributed by atoms with E-state index in [-0.39, 0.29) is 4.90 Å². The summed E-state index contributed by atoms with van der Waals surface area (Å²) in [5.74, 6) is 0.259. The van der Waals surface area contributed by atoms with E-state index in [2.05, 4.69) is 10.5 Å². The highest BCUT2D eigenvalue weighted by atomic mass is 32.2. The number of methoxy groups -OCH3 is 1. The van der Waals surface area contributed by atoms with Gasteiger partial charge in [-0.05, 0) is 67.3 Å². The molecule has 3 aromatic rings. The third-order valence-electron chi connectivity index (χ3n) is 5.46. The molecule has 0 radical (unpaired) electrons. The van der Waals surface area contributed by atoms with Crippen molar-refractivity contribution in [2.24, 2.45) is 5.10 Å². The summed E-state index contributed by atoms with van der Waals surface area (Å²) >= 11 is 0. The normalized spacial score (nSPS) is 14.4. The Labute approximate surface area is 193 Å². The number of carbonyl (C=O) groups excluding carboxylic acids is 1. The summed E-state index contributed by atoms with van der Waals surface area (Å²) in [6, 6.07) is 22.4. The highest BCUT2D eigenvalue weighted by Crippen LogP contribution is 2.26. The molecule has 7 nitrogen and oxygen atoms in total. The minimum Gasteiger partial charge on any atom is -0.497 e. The van der Waals surface area contributed by atoms with Gasteiger partial charge in [-0.3, -0.25) is 9.10 Å². The van der Waals surface area contributed by atoms with Crippen LogP contribution >= 0.6 is 0 Å². The smallest absolute Gasteiger partial charge is 0.264 e. The number of hydrogen-bond acceptors (Lipinski definition) is 5. The number of nitrogens with zero attached hydrogens (tertiary/aromatic N) is 2. The zero-order valence-electron chi connectivity index (χ0n) is 18.3. The lowest BCUT2D eigenvalue weighted by molar-refractivity contribution is -0.119. The zero-order valence-corrected chi connectivity index (χ0v) is 19.1. The van der Waals surface area contributed by atoms with Crippen molar-refractivity contribution in [3.05, 3.63) is 90.0 Å². The van der Waals surface area contributed by atoms with Crippen LogP contribution < -0.4 is 14.5 Å². The topological polar surface area (TPSA) is 88.1 Å². The molecular weight excluding hydrogens is 438 g/mol. The van der Waals surface area contributed by atoms with Gasteiger partial charge < -0.3 is 4.74 Å². The Morgan fingerprint density at radius 3 is 2.39 bits per heavy atom. The molecule has 33 heavy (non-hydrogen) atoms. The minimum absolute atomic E-state index is 0.114. The van der Waals surface area contributed by atoms with Crippen molar-refractivity contribution in [2.45, 2.75) is 24.2 Å². The van der Waals surface area contributed by atoms with Crippen molar-refractivity contribution >= 4 is 27.3 Å². The highest BCUT2D eigenvalue weighted by molar-refractivity contribution is 7.92. The molecule has 0 fully saturated rings. The summed E-state index contributed by atoms with van der Waals surface area (Å²) in [5.41, 5.74) is 5.82. The highest BCUT2D eigenvalue weighted by Gasteiger charge is 2.27. The lowest BCUT2D eigenvalue weighted by atomic mass is 9.90. The predicted molar refractivity (Wildman–Crippen MR) is 128 cm³/mol. The van der Waals surface area contributed by atoms with Gasteiger partial charge in [-0.1, -0.05) is 36.4 Å². The molecule has 1 aliphatic carbocycles. The maximum absolute atomic E-state index is 13.3. The third kappa shape index (κ3) is 5.06. The number of hydrazone groups is 1. The summed E-state index contributed by atoms with van der Waals surface area (Å²) in [5, 5.41) is 4.34. The standard InChI is InChI=1S/C25H25N3O4S/c1-32-21-15-16-23-19(17-21)9-8-14-24(23)26-27-25(29)18-28(20-10-4-2-5-11-20)33(30,31)22-12-6-3-7-13-22/h2-7,10-13,15-17H,8-9,14,18H2,1H3,(H,27,29)/b26-24+. The monoisotopic (exact) mass is 463 g/mol. The van der Waals surface area contributed by atoms with Gasteiger partial charge >= 0.3 is 0 Å². The molecule has 0 spiro atoms. The van der Waals surface area contributed by atoms with Gasteiger partial charge in [0.2, 0.25) is 0 Å². The Morgan fingerprint density at radius 2 is 1.70 bits per heavy atom. The van der Waals surface area contributed by atoms with Crippen molar-refractivity contribution in [1.82, 2.24) is 5.43 Å². The van der Waals surface area contributed by atoms with Gasteiger partial charge in [0.25, 0.3) is 15.9 Å². The second-order valence-corrected chi connectivity index (χ2v) is 9.49. The van der Waals surface area contributed by atoms with Crippen molar-refractivity contribution < 1.29 is 17.9 Å². The molecule has 1 N–H and O–H groups in total. The fraction of sp³-hybridized carbons (Fsp3) is 0.200. The van der Waals surface area contributed by atoms with E-state index >= 15 is 0 Å². The second-order valence-electron chi connectivity index (χ2n) is 7.63. The number of fused-ring (bicyclic) bond motifs is 1. The number of hydrogen-bond donors (Lipinski definition) is 1. The van der Waals surface area contributed by atoms with Crippen LogP contribution in [-0.4, -0.2) is 33.7 Å². The molecule has 0 atom stereocenters. The molecule has 0 aromatic heterocycles. The van der Waals surface area contributed by atoms with E-state index in [4.69, 9.17) is 4.74 Å². The van der Waals surface area contributed by atoms with Gasteiger partial charge in [0, 0.05) is 5.56 Å². The molecule has 0 unspecified atom stereocenters. The first-order valence-corrected chi connectivity index (χ1v) is 12.1. The second kappa shape index (κ2) is 9.87. The van der Waals surface area contributed by atoms with Crippen molar-refractivity contribution in [2.75, 3.05) is 18.0 Å². The number of carbonyl (C=O) groups is 1. The predicted octanol–water partition coefficient (Wildman–Crippen LogP) is 3.75. The van der Waals surface area contributed by atoms with E-state index in [1.54, 1.807) is 55.6 Å². The van der Waals surface area contributed by atoms with E-state index in [0.717, 1.165) is 46.2 Å². The van der Waals surface area contributed by atoms with Crippen LogP contribution in [0, 0.1) is 0 Å². The maximum atomic E-state index is 13.3. The Kier molecular flexibility index (Phi) is 6.74. The summed E-state index contributed by atoms with van der Waals surface area (Å²) in [6.07, 6.45) is 2.55. The zero-order chi connectivity index (χ0) is 23.3. The number of rotatable bonds is 7. The quantitative estimate of drug-likeness (QED) is 0.541. The average molecular weight is 464 g/mol. The van der Waals surface area contributed by atoms with Crippen molar-refractivity contribution in [3.8, 4) is 5.75 Å². The summed E-state index contributed by atoms with van der Waals surface area (Å²) in [6.45, 7) is -0.395. The van der Waals surface area contributed by atoms with E-state index in [1.165, 1.54) is 12.1 Å². The van der Waals surface area contributed by atoms with E-state index in [0.29, 0.717) is 5.69 Å². The van der Waals surface area contributed by atoms with E-state index in [1.807, 2.05) is 18.2 Å². The molecular formula is C25H25N3O4S. The van der Waals surface area contributed by atoms with Crippen LogP contribution in [0.3, 0.4) is 0 Å². The number of benzene rings is 3. The molecule has 1 amide bonds. The minimum atomic E-state index is -3.94. The number of ether oxygens (including phenoxy) is 1. The molecule has 170 valence electrons. The fourth-order valence-electron chi connectivity index (χ4n) is 3.81. The van der Waals surface area contributed by atoms with Gasteiger partial charge in [0.1, 0.15) is 12.3 Å². The van der Waals surface area contributed by atoms with Crippen LogP contribution in [0.25, 0.3) is 0 Å². The van der Waals surface area contributed by atoms with E-state index in [9.17, 15) is 13.2 Å². The molecule has 0 saturated heterocycles. The van der Waals surface area contributed by atoms with Crippen molar-refractivity contribution in [1.29, 1.82) is 0 Å². The number of amides is 1. The van der Waals surface area contributed by atoms with Crippen LogP contribution in [0.5, 0.6) is 5.75 Å². The van der Waals surface area contributed by atoms with E-state index < -0.39 is 22.5 Å². The largest absolute Gasteiger partial charge is 0.497 e. The first-order chi connectivity index (χ1) is 16.0. The molecule has 0 saturated carbocycles. The van der Waals surface area contributed by atoms with Gasteiger partial charge in [-0.2, -0.15) is 5.10 Å². The van der Waals surface area contributed by atoms with Crippen LogP contribution in [0.15, 0.2) is 88.9 Å². The average Bonchev–Trinajstić information content (AvgIpc) is 2.86. The Hall–Kier alpha value is -3.65. The Balaban J connectivity index is 1.57. The number of nitrogens with one attached hydrogen (secondary N) is 1. The van der Waals surface area contributed by atoms with Crippen LogP contribution in [0.1, 0.15) is 24.0 Å². The summed E-state index contributed by atoms with van der Waals surface area (Å²) in [4.78, 5) is 12.9. The molecule has 1 aliphatic rings. The molecule has 0 aliphatic heterocycles. The summed E-state index contributed by atoms with van der Waals surface area (Å²) in [7, 11) is -2.31. The molecule has 4 rings (SSSR count). The lowest BCUT2D eigenvalue weighted by Gasteiger charge is -2.24. The van der Waals surface area contributed by atoms with Gasteiger partial charge in [-0.25, -0.2) is 13.8 Å². The Morgan fingerprint density at radius 1 is 1.00 bits per heavy atom. The number of para-hydroxylation sites is 1. The van der Waals surface area contributed by atoms with Gasteiger partial charge in [0.05, 0.1) is 23.4 Å². The Bertz CT molecular complexity index is 1260. The number of anilines is 1. The van der Waals surface area contributed by atoms with Gasteiger partial charge in [-0.15, -0.1) is 0 Å². The molecule has 8 heteroatoms.